The maximum Gasteiger partial charge on any atom is 0.257 e. The normalized spacial score (nSPS) is 18.9. The summed E-state index contributed by atoms with van der Waals surface area (Å²) in [6, 6.07) is 7.41. The Morgan fingerprint density at radius 1 is 1.12 bits per heavy atom. The summed E-state index contributed by atoms with van der Waals surface area (Å²) in [4.78, 5) is 28.6. The van der Waals surface area contributed by atoms with Crippen LogP contribution in [0.15, 0.2) is 36.7 Å². The molecule has 1 saturated heterocycles. The summed E-state index contributed by atoms with van der Waals surface area (Å²) >= 11 is 1.39. The molecule has 7 nitrogen and oxygen atoms in total. The van der Waals surface area contributed by atoms with Crippen LogP contribution in [0.3, 0.4) is 0 Å². The Bertz CT molecular complexity index is 1330. The second kappa shape index (κ2) is 8.07. The lowest BCUT2D eigenvalue weighted by molar-refractivity contribution is 0.102. The molecule has 2 aromatic heterocycles. The van der Waals surface area contributed by atoms with E-state index in [1.165, 1.54) is 17.4 Å². The van der Waals surface area contributed by atoms with E-state index < -0.39 is 5.82 Å². The Labute approximate surface area is 188 Å². The van der Waals surface area contributed by atoms with Gasteiger partial charge in [0.05, 0.1) is 21.0 Å². The molecule has 4 aromatic rings. The van der Waals surface area contributed by atoms with Crippen molar-refractivity contribution in [3.8, 4) is 0 Å². The molecule has 3 heterocycles. The molecular formula is C23H23FN6OS. The molecule has 2 atom stereocenters. The summed E-state index contributed by atoms with van der Waals surface area (Å²) in [5, 5.41) is 7.11. The number of fused-ring (bicyclic) bond motifs is 2. The number of nitrogens with zero attached hydrogens (tertiary/aromatic N) is 4. The van der Waals surface area contributed by atoms with Crippen molar-refractivity contribution in [2.45, 2.75) is 32.9 Å². The fourth-order valence-electron chi connectivity index (χ4n) is 4.37. The van der Waals surface area contributed by atoms with Gasteiger partial charge in [-0.25, -0.2) is 9.37 Å². The van der Waals surface area contributed by atoms with Crippen molar-refractivity contribution in [2.75, 3.05) is 23.3 Å². The molecule has 1 fully saturated rings. The molecule has 0 unspecified atom stereocenters. The van der Waals surface area contributed by atoms with Gasteiger partial charge in [-0.05, 0) is 45.0 Å². The number of hydrogen-bond donors (Lipinski definition) is 2. The van der Waals surface area contributed by atoms with Crippen molar-refractivity contribution in [2.24, 2.45) is 0 Å². The van der Waals surface area contributed by atoms with E-state index in [9.17, 15) is 9.18 Å². The molecule has 5 rings (SSSR count). The van der Waals surface area contributed by atoms with Gasteiger partial charge in [-0.2, -0.15) is 0 Å². The van der Waals surface area contributed by atoms with Crippen LogP contribution in [-0.2, 0) is 0 Å². The van der Waals surface area contributed by atoms with Crippen molar-refractivity contribution in [1.82, 2.24) is 20.3 Å². The molecular weight excluding hydrogens is 427 g/mol. The number of carbonyl (C=O) groups excluding carboxylic acids is 1. The number of hydrogen-bond acceptors (Lipinski definition) is 7. The quantitative estimate of drug-likeness (QED) is 0.489. The first-order valence-corrected chi connectivity index (χ1v) is 11.3. The van der Waals surface area contributed by atoms with E-state index in [-0.39, 0.29) is 5.91 Å². The van der Waals surface area contributed by atoms with Crippen LogP contribution in [0, 0.1) is 12.7 Å². The third-order valence-electron chi connectivity index (χ3n) is 5.56. The fraction of sp³-hybridized carbons (Fsp3) is 0.304. The molecule has 0 saturated carbocycles. The van der Waals surface area contributed by atoms with Crippen LogP contribution < -0.4 is 15.5 Å². The van der Waals surface area contributed by atoms with Gasteiger partial charge in [-0.15, -0.1) is 11.3 Å². The van der Waals surface area contributed by atoms with Gasteiger partial charge in [0, 0.05) is 43.3 Å². The molecule has 1 amide bonds. The highest BCUT2D eigenvalue weighted by molar-refractivity contribution is 7.18. The third kappa shape index (κ3) is 3.78. The molecule has 0 radical (unpaired) electrons. The van der Waals surface area contributed by atoms with Gasteiger partial charge in [0.1, 0.15) is 16.6 Å². The number of amides is 1. The minimum absolute atomic E-state index is 0.325. The Morgan fingerprint density at radius 3 is 2.59 bits per heavy atom. The van der Waals surface area contributed by atoms with E-state index in [2.05, 4.69) is 44.3 Å². The zero-order valence-electron chi connectivity index (χ0n) is 18.0. The lowest BCUT2D eigenvalue weighted by Crippen LogP contribution is -2.54. The average Bonchev–Trinajstić information content (AvgIpc) is 3.13. The topological polar surface area (TPSA) is 83.0 Å². The van der Waals surface area contributed by atoms with Crippen molar-refractivity contribution < 1.29 is 9.18 Å². The first kappa shape index (κ1) is 20.7. The molecule has 1 aliphatic rings. The van der Waals surface area contributed by atoms with Gasteiger partial charge in [0.25, 0.3) is 5.91 Å². The maximum atomic E-state index is 14.4. The number of halogens is 1. The van der Waals surface area contributed by atoms with Crippen molar-refractivity contribution >= 4 is 49.9 Å². The van der Waals surface area contributed by atoms with Crippen molar-refractivity contribution in [3.05, 3.63) is 53.0 Å². The van der Waals surface area contributed by atoms with E-state index >= 15 is 0 Å². The summed E-state index contributed by atoms with van der Waals surface area (Å²) in [6.07, 6.45) is 3.22. The minimum Gasteiger partial charge on any atom is -0.367 e. The first-order chi connectivity index (χ1) is 15.4. The Morgan fingerprint density at radius 2 is 1.84 bits per heavy atom. The molecule has 2 N–H and O–H groups in total. The number of anilines is 2. The van der Waals surface area contributed by atoms with Crippen LogP contribution in [0.1, 0.15) is 29.2 Å². The van der Waals surface area contributed by atoms with Gasteiger partial charge in [0.2, 0.25) is 0 Å². The number of rotatable bonds is 3. The zero-order chi connectivity index (χ0) is 22.4. The van der Waals surface area contributed by atoms with E-state index in [0.717, 1.165) is 23.8 Å². The molecule has 2 aromatic carbocycles. The zero-order valence-corrected chi connectivity index (χ0v) is 18.8. The molecule has 164 valence electrons. The lowest BCUT2D eigenvalue weighted by atomic mass is 10.1. The third-order valence-corrected chi connectivity index (χ3v) is 6.48. The number of aromatic nitrogens is 3. The standard InChI is InChI=1S/C23H23FN6OS/c1-12-10-30(11-13(2)27-12)18-5-4-16(20-22(18)26-7-6-25-20)23(31)29-15-8-17(24)21-19(9-15)32-14(3)28-21/h4-9,12-13,27H,10-11H2,1-3H3,(H,29,31)/t12-,13+. The van der Waals surface area contributed by atoms with Crippen LogP contribution in [0.2, 0.25) is 0 Å². The highest BCUT2D eigenvalue weighted by atomic mass is 32.1. The van der Waals surface area contributed by atoms with Gasteiger partial charge >= 0.3 is 0 Å². The molecule has 0 aliphatic carbocycles. The van der Waals surface area contributed by atoms with E-state index in [1.54, 1.807) is 24.5 Å². The summed E-state index contributed by atoms with van der Waals surface area (Å²) in [7, 11) is 0. The van der Waals surface area contributed by atoms with E-state index in [0.29, 0.717) is 44.6 Å². The second-order valence-electron chi connectivity index (χ2n) is 8.25. The Hall–Kier alpha value is -3.17. The van der Waals surface area contributed by atoms with Crippen molar-refractivity contribution in [3.63, 3.8) is 0 Å². The number of thiazole rings is 1. The Kier molecular flexibility index (Phi) is 5.22. The fourth-order valence-corrected chi connectivity index (χ4v) is 5.26. The van der Waals surface area contributed by atoms with E-state index in [1.807, 2.05) is 13.0 Å². The number of piperazine rings is 1. The van der Waals surface area contributed by atoms with Gasteiger partial charge in [-0.1, -0.05) is 0 Å². The van der Waals surface area contributed by atoms with Crippen molar-refractivity contribution in [1.29, 1.82) is 0 Å². The van der Waals surface area contributed by atoms with Gasteiger partial charge < -0.3 is 15.5 Å². The number of carbonyl (C=O) groups is 1. The maximum absolute atomic E-state index is 14.4. The highest BCUT2D eigenvalue weighted by Crippen LogP contribution is 2.30. The first-order valence-electron chi connectivity index (χ1n) is 10.5. The van der Waals surface area contributed by atoms with Crippen LogP contribution in [0.25, 0.3) is 21.3 Å². The monoisotopic (exact) mass is 450 g/mol. The largest absolute Gasteiger partial charge is 0.367 e. The predicted molar refractivity (Wildman–Crippen MR) is 126 cm³/mol. The van der Waals surface area contributed by atoms with Gasteiger partial charge in [-0.3, -0.25) is 14.8 Å². The predicted octanol–water partition coefficient (Wildman–Crippen LogP) is 4.13. The number of benzene rings is 2. The number of aryl methyl sites for hydroxylation is 1. The average molecular weight is 451 g/mol. The Balaban J connectivity index is 1.50. The molecule has 1 aliphatic heterocycles. The molecule has 0 bridgehead atoms. The van der Waals surface area contributed by atoms with Crippen LogP contribution in [0.4, 0.5) is 15.8 Å². The summed E-state index contributed by atoms with van der Waals surface area (Å²) in [5.74, 6) is -0.812. The number of nitrogens with one attached hydrogen (secondary N) is 2. The van der Waals surface area contributed by atoms with Gasteiger partial charge in [0.15, 0.2) is 5.82 Å². The molecule has 0 spiro atoms. The highest BCUT2D eigenvalue weighted by Gasteiger charge is 2.24. The second-order valence-corrected chi connectivity index (χ2v) is 9.49. The summed E-state index contributed by atoms with van der Waals surface area (Å²) in [6.45, 7) is 7.82. The SMILES string of the molecule is Cc1nc2c(F)cc(NC(=O)c3ccc(N4C[C@@H](C)N[C@@H](C)C4)c4nccnc34)cc2s1. The van der Waals surface area contributed by atoms with Crippen LogP contribution in [-0.4, -0.2) is 46.0 Å². The summed E-state index contributed by atoms with van der Waals surface area (Å²) in [5.41, 5.74) is 3.27. The van der Waals surface area contributed by atoms with E-state index in [4.69, 9.17) is 0 Å². The van der Waals surface area contributed by atoms with Crippen LogP contribution >= 0.6 is 11.3 Å². The minimum atomic E-state index is -0.455. The summed E-state index contributed by atoms with van der Waals surface area (Å²) < 4.78 is 15.1. The molecule has 9 heteroatoms. The molecule has 32 heavy (non-hydrogen) atoms. The lowest BCUT2D eigenvalue weighted by Gasteiger charge is -2.38. The van der Waals surface area contributed by atoms with Crippen LogP contribution in [0.5, 0.6) is 0 Å². The smallest absolute Gasteiger partial charge is 0.257 e.